The summed E-state index contributed by atoms with van der Waals surface area (Å²) in [5.41, 5.74) is 1.05. The lowest BCUT2D eigenvalue weighted by Gasteiger charge is -2.08. The van der Waals surface area contributed by atoms with Crippen LogP contribution in [0.2, 0.25) is 0 Å². The number of carbonyl (C=O) groups excluding carboxylic acids is 1. The fourth-order valence-corrected chi connectivity index (χ4v) is 1.62. The molecule has 2 aromatic carbocycles. The molecular weight excluding hydrogens is 268 g/mol. The first kappa shape index (κ1) is 14.7. The number of aromatic hydroxyl groups is 1. The van der Waals surface area contributed by atoms with E-state index in [-0.39, 0.29) is 11.3 Å². The molecule has 0 unspecified atom stereocenters. The molecule has 4 heteroatoms. The summed E-state index contributed by atoms with van der Waals surface area (Å²) in [6, 6.07) is 12.9. The van der Waals surface area contributed by atoms with Crippen molar-refractivity contribution < 1.29 is 19.4 Å². The Kier molecular flexibility index (Phi) is 4.61. The van der Waals surface area contributed by atoms with Gasteiger partial charge in [0.25, 0.3) is 0 Å². The third kappa shape index (κ3) is 4.11. The molecule has 0 fully saturated rings. The number of hydrogen-bond donors (Lipinski definition) is 1. The zero-order chi connectivity index (χ0) is 15.2. The maximum Gasteiger partial charge on any atom is 0.347 e. The molecule has 2 aromatic rings. The number of para-hydroxylation sites is 1. The lowest BCUT2D eigenvalue weighted by atomic mass is 10.2. The molecule has 0 aromatic heterocycles. The number of phenols is 1. The fraction of sp³-hybridized carbons (Fsp3) is 0.118. The van der Waals surface area contributed by atoms with E-state index in [1.165, 1.54) is 12.1 Å². The van der Waals surface area contributed by atoms with Gasteiger partial charge in [-0.25, -0.2) is 4.79 Å². The first-order valence-electron chi connectivity index (χ1n) is 6.43. The van der Waals surface area contributed by atoms with Gasteiger partial charge in [-0.05, 0) is 48.9 Å². The highest BCUT2D eigenvalue weighted by atomic mass is 16.5. The average Bonchev–Trinajstić information content (AvgIpc) is 2.47. The van der Waals surface area contributed by atoms with Crippen molar-refractivity contribution in [3.05, 3.63) is 66.2 Å². The third-order valence-electron chi connectivity index (χ3n) is 2.64. The number of carbonyl (C=O) groups is 1. The van der Waals surface area contributed by atoms with Crippen LogP contribution >= 0.6 is 0 Å². The Bertz CT molecular complexity index is 644. The van der Waals surface area contributed by atoms with Crippen molar-refractivity contribution in [3.63, 3.8) is 0 Å². The number of phenolic OH excluding ortho intramolecular Hbond substituents is 1. The minimum Gasteiger partial charge on any atom is -0.507 e. The molecule has 0 heterocycles. The van der Waals surface area contributed by atoms with Crippen LogP contribution in [0.3, 0.4) is 0 Å². The van der Waals surface area contributed by atoms with Crippen molar-refractivity contribution in [2.45, 2.75) is 6.92 Å². The Morgan fingerprint density at radius 3 is 2.33 bits per heavy atom. The van der Waals surface area contributed by atoms with Gasteiger partial charge >= 0.3 is 5.97 Å². The van der Waals surface area contributed by atoms with Gasteiger partial charge < -0.3 is 14.6 Å². The maximum absolute atomic E-state index is 11.9. The number of benzene rings is 2. The normalized spacial score (nSPS) is 9.95. The van der Waals surface area contributed by atoms with Crippen LogP contribution in [0.4, 0.5) is 0 Å². The van der Waals surface area contributed by atoms with Crippen LogP contribution in [0.5, 0.6) is 17.2 Å². The number of rotatable bonds is 5. The summed E-state index contributed by atoms with van der Waals surface area (Å²) in [6.07, 6.45) is 0. The maximum atomic E-state index is 11.9. The topological polar surface area (TPSA) is 55.8 Å². The molecule has 108 valence electrons. The van der Waals surface area contributed by atoms with E-state index in [4.69, 9.17) is 9.47 Å². The molecule has 0 aliphatic carbocycles. The van der Waals surface area contributed by atoms with E-state index in [0.717, 1.165) is 5.57 Å². The second-order valence-corrected chi connectivity index (χ2v) is 4.62. The predicted octanol–water partition coefficient (Wildman–Crippen LogP) is 3.57. The Morgan fingerprint density at radius 2 is 1.71 bits per heavy atom. The van der Waals surface area contributed by atoms with Crippen molar-refractivity contribution in [2.75, 3.05) is 6.61 Å². The van der Waals surface area contributed by atoms with E-state index in [1.54, 1.807) is 36.4 Å². The SMILES string of the molecule is C=C(C)COc1ccc(OC(=O)c2ccccc2O)cc1. The summed E-state index contributed by atoms with van der Waals surface area (Å²) in [5.74, 6) is 0.332. The molecule has 0 bridgehead atoms. The molecular formula is C17H16O4. The van der Waals surface area contributed by atoms with Crippen molar-refractivity contribution in [2.24, 2.45) is 0 Å². The second kappa shape index (κ2) is 6.61. The Morgan fingerprint density at radius 1 is 1.10 bits per heavy atom. The van der Waals surface area contributed by atoms with E-state index in [1.807, 2.05) is 6.92 Å². The van der Waals surface area contributed by atoms with Gasteiger partial charge in [0, 0.05) is 0 Å². The smallest absolute Gasteiger partial charge is 0.347 e. The van der Waals surface area contributed by atoms with E-state index >= 15 is 0 Å². The molecule has 0 atom stereocenters. The summed E-state index contributed by atoms with van der Waals surface area (Å²) in [5, 5.41) is 9.60. The van der Waals surface area contributed by atoms with Crippen molar-refractivity contribution in [3.8, 4) is 17.2 Å². The zero-order valence-corrected chi connectivity index (χ0v) is 11.7. The predicted molar refractivity (Wildman–Crippen MR) is 79.8 cm³/mol. The number of hydrogen-bond acceptors (Lipinski definition) is 4. The van der Waals surface area contributed by atoms with Crippen LogP contribution < -0.4 is 9.47 Å². The van der Waals surface area contributed by atoms with Gasteiger partial charge in [-0.3, -0.25) is 0 Å². The molecule has 0 spiro atoms. The van der Waals surface area contributed by atoms with E-state index < -0.39 is 5.97 Å². The first-order valence-corrected chi connectivity index (χ1v) is 6.43. The minimum atomic E-state index is -0.608. The molecule has 0 radical (unpaired) electrons. The molecule has 4 nitrogen and oxygen atoms in total. The Balaban J connectivity index is 2.02. The minimum absolute atomic E-state index is 0.107. The third-order valence-corrected chi connectivity index (χ3v) is 2.64. The first-order chi connectivity index (χ1) is 10.1. The highest BCUT2D eigenvalue weighted by molar-refractivity contribution is 5.93. The molecule has 21 heavy (non-hydrogen) atoms. The molecule has 0 amide bonds. The highest BCUT2D eigenvalue weighted by Crippen LogP contribution is 2.21. The molecule has 0 aliphatic rings. The quantitative estimate of drug-likeness (QED) is 0.518. The largest absolute Gasteiger partial charge is 0.507 e. The van der Waals surface area contributed by atoms with Crippen LogP contribution in [0.15, 0.2) is 60.7 Å². The molecule has 0 saturated carbocycles. The Labute approximate surface area is 123 Å². The van der Waals surface area contributed by atoms with Crippen LogP contribution in [0, 0.1) is 0 Å². The molecule has 0 aliphatic heterocycles. The summed E-state index contributed by atoms with van der Waals surface area (Å²) in [7, 11) is 0. The molecule has 1 N–H and O–H groups in total. The summed E-state index contributed by atoms with van der Waals surface area (Å²) in [4.78, 5) is 11.9. The van der Waals surface area contributed by atoms with Gasteiger partial charge in [-0.15, -0.1) is 0 Å². The number of ether oxygens (including phenoxy) is 2. The zero-order valence-electron chi connectivity index (χ0n) is 11.7. The van der Waals surface area contributed by atoms with Gasteiger partial charge in [0.1, 0.15) is 29.4 Å². The summed E-state index contributed by atoms with van der Waals surface area (Å²) < 4.78 is 10.6. The van der Waals surface area contributed by atoms with Gasteiger partial charge in [-0.2, -0.15) is 0 Å². The fourth-order valence-electron chi connectivity index (χ4n) is 1.62. The monoisotopic (exact) mass is 284 g/mol. The number of esters is 1. The summed E-state index contributed by atoms with van der Waals surface area (Å²) >= 11 is 0. The Hall–Kier alpha value is -2.75. The average molecular weight is 284 g/mol. The van der Waals surface area contributed by atoms with Crippen molar-refractivity contribution in [1.29, 1.82) is 0 Å². The van der Waals surface area contributed by atoms with Crippen LogP contribution in [-0.2, 0) is 0 Å². The van der Waals surface area contributed by atoms with Crippen molar-refractivity contribution >= 4 is 5.97 Å². The van der Waals surface area contributed by atoms with Crippen molar-refractivity contribution in [1.82, 2.24) is 0 Å². The molecule has 0 saturated heterocycles. The molecule has 2 rings (SSSR count). The van der Waals surface area contributed by atoms with Gasteiger partial charge in [0.2, 0.25) is 0 Å². The summed E-state index contributed by atoms with van der Waals surface area (Å²) in [6.45, 7) is 6.07. The van der Waals surface area contributed by atoms with E-state index in [9.17, 15) is 9.90 Å². The highest BCUT2D eigenvalue weighted by Gasteiger charge is 2.12. The lowest BCUT2D eigenvalue weighted by molar-refractivity contribution is 0.0731. The lowest BCUT2D eigenvalue weighted by Crippen LogP contribution is -2.08. The van der Waals surface area contributed by atoms with Crippen LogP contribution in [0.25, 0.3) is 0 Å². The van der Waals surface area contributed by atoms with Gasteiger partial charge in [0.05, 0.1) is 0 Å². The van der Waals surface area contributed by atoms with E-state index in [0.29, 0.717) is 18.1 Å². The van der Waals surface area contributed by atoms with E-state index in [2.05, 4.69) is 6.58 Å². The van der Waals surface area contributed by atoms with Crippen LogP contribution in [0.1, 0.15) is 17.3 Å². The van der Waals surface area contributed by atoms with Gasteiger partial charge in [-0.1, -0.05) is 18.7 Å². The van der Waals surface area contributed by atoms with Gasteiger partial charge in [0.15, 0.2) is 0 Å². The standard InChI is InChI=1S/C17H16O4/c1-12(2)11-20-13-7-9-14(10-8-13)21-17(19)15-5-3-4-6-16(15)18/h3-10,18H,1,11H2,2H3. The second-order valence-electron chi connectivity index (χ2n) is 4.62. The van der Waals surface area contributed by atoms with Crippen LogP contribution in [-0.4, -0.2) is 17.7 Å².